The van der Waals surface area contributed by atoms with E-state index in [0.29, 0.717) is 20.6 Å². The Bertz CT molecular complexity index is 1180. The van der Waals surface area contributed by atoms with Gasteiger partial charge in [-0.3, -0.25) is 19.3 Å². The first-order valence-electron chi connectivity index (χ1n) is 9.99. The molecule has 7 nitrogen and oxygen atoms in total. The summed E-state index contributed by atoms with van der Waals surface area (Å²) < 4.78 is 5.13. The molecule has 2 aromatic carbocycles. The van der Waals surface area contributed by atoms with Crippen molar-refractivity contribution in [2.24, 2.45) is 5.92 Å². The summed E-state index contributed by atoms with van der Waals surface area (Å²) in [6.45, 7) is 2.86. The minimum Gasteiger partial charge on any atom is -0.454 e. The number of anilines is 1. The van der Waals surface area contributed by atoms with Crippen molar-refractivity contribution < 1.29 is 23.9 Å². The number of fused-ring (bicyclic) bond motifs is 1. The molecule has 3 rings (SSSR count). The summed E-state index contributed by atoms with van der Waals surface area (Å²) in [6.07, 6.45) is 0.0481. The molecule has 0 unspecified atom stereocenters. The topological polar surface area (TPSA) is 92.8 Å². The average Bonchev–Trinajstić information content (AvgIpc) is 3.02. The lowest BCUT2D eigenvalue weighted by atomic mass is 10.0. The summed E-state index contributed by atoms with van der Waals surface area (Å²) in [6, 6.07) is 3.03. The van der Waals surface area contributed by atoms with E-state index < -0.39 is 36.3 Å². The number of nitrogens with zero attached hydrogens (tertiary/aromatic N) is 1. The molecule has 2 aromatic rings. The van der Waals surface area contributed by atoms with Crippen molar-refractivity contribution in [2.75, 3.05) is 11.9 Å². The van der Waals surface area contributed by atoms with Gasteiger partial charge >= 0.3 is 5.97 Å². The van der Waals surface area contributed by atoms with Crippen LogP contribution in [0, 0.1) is 5.92 Å². The number of imide groups is 1. The Labute approximate surface area is 230 Å². The first-order chi connectivity index (χ1) is 16.3. The fourth-order valence-electron chi connectivity index (χ4n) is 3.46. The number of amides is 3. The second-order valence-electron chi connectivity index (χ2n) is 7.95. The summed E-state index contributed by atoms with van der Waals surface area (Å²) in [5.41, 5.74) is -0.220. The molecule has 1 N–H and O–H groups in total. The van der Waals surface area contributed by atoms with Crippen molar-refractivity contribution in [2.45, 2.75) is 26.3 Å². The highest BCUT2D eigenvalue weighted by Crippen LogP contribution is 2.45. The van der Waals surface area contributed by atoms with E-state index >= 15 is 0 Å². The number of ether oxygens (including phenoxy) is 1. The predicted molar refractivity (Wildman–Crippen MR) is 136 cm³/mol. The number of carbonyl (C=O) groups excluding carboxylic acids is 4. The number of rotatable bonds is 7. The summed E-state index contributed by atoms with van der Waals surface area (Å²) in [4.78, 5) is 52.3. The van der Waals surface area contributed by atoms with Gasteiger partial charge < -0.3 is 10.1 Å². The molecule has 1 atom stereocenters. The van der Waals surface area contributed by atoms with Gasteiger partial charge in [0.1, 0.15) is 6.04 Å². The third kappa shape index (κ3) is 5.82. The van der Waals surface area contributed by atoms with Gasteiger partial charge in [-0.2, -0.15) is 0 Å². The zero-order valence-corrected chi connectivity index (χ0v) is 22.6. The van der Waals surface area contributed by atoms with Crippen molar-refractivity contribution in [3.8, 4) is 0 Å². The largest absolute Gasteiger partial charge is 0.454 e. The van der Waals surface area contributed by atoms with Crippen LogP contribution < -0.4 is 5.32 Å². The van der Waals surface area contributed by atoms with Gasteiger partial charge in [0.15, 0.2) is 6.61 Å². The second kappa shape index (κ2) is 11.1. The highest BCUT2D eigenvalue weighted by atomic mass is 35.5. The van der Waals surface area contributed by atoms with Gasteiger partial charge in [-0.25, -0.2) is 4.79 Å². The minimum atomic E-state index is -1.36. The van der Waals surface area contributed by atoms with Crippen LogP contribution in [0.2, 0.25) is 30.1 Å². The molecule has 3 amide bonds. The molecule has 0 spiro atoms. The number of hydrogen-bond acceptors (Lipinski definition) is 5. The van der Waals surface area contributed by atoms with E-state index in [9.17, 15) is 19.2 Å². The molecule has 0 radical (unpaired) electrons. The molecule has 35 heavy (non-hydrogen) atoms. The van der Waals surface area contributed by atoms with Crippen LogP contribution in [0.25, 0.3) is 0 Å². The third-order valence-corrected chi connectivity index (χ3v) is 7.14. The van der Waals surface area contributed by atoms with E-state index in [1.165, 1.54) is 18.2 Å². The van der Waals surface area contributed by atoms with Gasteiger partial charge in [0, 0.05) is 15.7 Å². The molecule has 1 aliphatic heterocycles. The zero-order chi connectivity index (χ0) is 26.2. The van der Waals surface area contributed by atoms with E-state index in [1.54, 1.807) is 13.8 Å². The van der Waals surface area contributed by atoms with Crippen molar-refractivity contribution in [3.05, 3.63) is 59.5 Å². The Balaban J connectivity index is 1.82. The van der Waals surface area contributed by atoms with Gasteiger partial charge in [-0.15, -0.1) is 0 Å². The maximum absolute atomic E-state index is 13.2. The number of esters is 1. The van der Waals surface area contributed by atoms with E-state index in [1.807, 2.05) is 0 Å². The van der Waals surface area contributed by atoms with Crippen molar-refractivity contribution in [1.29, 1.82) is 0 Å². The maximum Gasteiger partial charge on any atom is 0.329 e. The molecule has 13 heteroatoms. The number of halogens is 6. The Morgan fingerprint density at radius 2 is 1.34 bits per heavy atom. The van der Waals surface area contributed by atoms with E-state index in [0.717, 1.165) is 0 Å². The Hall–Kier alpha value is -1.74. The molecule has 1 aliphatic rings. The van der Waals surface area contributed by atoms with Gasteiger partial charge in [0.25, 0.3) is 17.7 Å². The number of carbonyl (C=O) groups is 4. The van der Waals surface area contributed by atoms with Gasteiger partial charge in [0.2, 0.25) is 0 Å². The Morgan fingerprint density at radius 3 is 1.80 bits per heavy atom. The molecule has 186 valence electrons. The molecular weight excluding hydrogens is 585 g/mol. The summed E-state index contributed by atoms with van der Waals surface area (Å²) >= 11 is 36.2. The molecule has 1 heterocycles. The normalized spacial score (nSPS) is 13.8. The van der Waals surface area contributed by atoms with Crippen molar-refractivity contribution in [3.63, 3.8) is 0 Å². The van der Waals surface area contributed by atoms with Crippen LogP contribution in [0.5, 0.6) is 0 Å². The molecular formula is C22H16Cl6N2O5. The molecule has 0 saturated heterocycles. The lowest BCUT2D eigenvalue weighted by molar-refractivity contribution is -0.151. The number of benzene rings is 2. The van der Waals surface area contributed by atoms with Crippen LogP contribution in [0.4, 0.5) is 5.69 Å². The predicted octanol–water partition coefficient (Wildman–Crippen LogP) is 6.80. The Kier molecular flexibility index (Phi) is 8.84. The zero-order valence-electron chi connectivity index (χ0n) is 18.1. The van der Waals surface area contributed by atoms with Crippen LogP contribution in [0.15, 0.2) is 18.2 Å². The fraction of sp³-hybridized carbons (Fsp3) is 0.273. The number of hydrogen-bond donors (Lipinski definition) is 1. The standard InChI is InChI=1S/C22H16Cl6N2O5/c1-8(2)3-12(22(34)35-7-13(31)29-11-5-9(23)4-10(24)6-11)30-20(32)14-15(21(30)33)17(26)19(28)18(27)16(14)25/h4-6,8,12H,3,7H2,1-2H3,(H,29,31)/t12-/m0/s1. The smallest absolute Gasteiger partial charge is 0.329 e. The highest BCUT2D eigenvalue weighted by molar-refractivity contribution is 6.55. The quantitative estimate of drug-likeness (QED) is 0.163. The van der Waals surface area contributed by atoms with Gasteiger partial charge in [0.05, 0.1) is 31.2 Å². The van der Waals surface area contributed by atoms with E-state index in [4.69, 9.17) is 74.3 Å². The van der Waals surface area contributed by atoms with Crippen LogP contribution >= 0.6 is 69.6 Å². The highest BCUT2D eigenvalue weighted by Gasteiger charge is 2.47. The first kappa shape index (κ1) is 27.8. The molecule has 0 aromatic heterocycles. The molecule has 0 bridgehead atoms. The van der Waals surface area contributed by atoms with Crippen molar-refractivity contribution >= 4 is 99.0 Å². The SMILES string of the molecule is CC(C)C[C@@H](C(=O)OCC(=O)Nc1cc(Cl)cc(Cl)c1)N1C(=O)c2c(Cl)c(Cl)c(Cl)c(Cl)c2C1=O. The van der Waals surface area contributed by atoms with Gasteiger partial charge in [-0.05, 0) is 30.5 Å². The number of nitrogens with one attached hydrogen (secondary N) is 1. The summed E-state index contributed by atoms with van der Waals surface area (Å²) in [5.74, 6) is -3.56. The minimum absolute atomic E-state index is 0.0481. The fourth-order valence-corrected chi connectivity index (χ4v) is 5.00. The lowest BCUT2D eigenvalue weighted by Gasteiger charge is -2.26. The molecule has 0 aliphatic carbocycles. The first-order valence-corrected chi connectivity index (χ1v) is 12.3. The van der Waals surface area contributed by atoms with Crippen LogP contribution in [0.1, 0.15) is 41.0 Å². The summed E-state index contributed by atoms with van der Waals surface area (Å²) in [7, 11) is 0. The lowest BCUT2D eigenvalue weighted by Crippen LogP contribution is -2.47. The molecule has 0 fully saturated rings. The maximum atomic E-state index is 13.2. The third-order valence-electron chi connectivity index (χ3n) is 4.90. The average molecular weight is 601 g/mol. The van der Waals surface area contributed by atoms with E-state index in [2.05, 4.69) is 5.32 Å². The van der Waals surface area contributed by atoms with E-state index in [-0.39, 0.29) is 43.6 Å². The van der Waals surface area contributed by atoms with Crippen LogP contribution in [-0.4, -0.2) is 41.2 Å². The summed E-state index contributed by atoms with van der Waals surface area (Å²) in [5, 5.41) is 2.18. The van der Waals surface area contributed by atoms with Crippen molar-refractivity contribution in [1.82, 2.24) is 4.90 Å². The second-order valence-corrected chi connectivity index (χ2v) is 10.3. The Morgan fingerprint density at radius 1 is 0.857 bits per heavy atom. The van der Waals surface area contributed by atoms with Crippen LogP contribution in [-0.2, 0) is 14.3 Å². The molecule has 0 saturated carbocycles. The van der Waals surface area contributed by atoms with Crippen LogP contribution in [0.3, 0.4) is 0 Å². The van der Waals surface area contributed by atoms with Gasteiger partial charge in [-0.1, -0.05) is 83.5 Å². The monoisotopic (exact) mass is 598 g/mol.